The minimum Gasteiger partial charge on any atom is -0.391 e. The highest BCUT2D eigenvalue weighted by atomic mass is 16.3. The van der Waals surface area contributed by atoms with E-state index >= 15 is 0 Å². The van der Waals surface area contributed by atoms with Crippen LogP contribution in [0, 0.1) is 0 Å². The number of β-amino-alcohol motifs (C(OH)–C–C–N with tert-alkyl or cyclic N) is 1. The Hall–Kier alpha value is -1.13. The van der Waals surface area contributed by atoms with Crippen molar-refractivity contribution in [3.05, 3.63) is 23.9 Å². The molecule has 0 amide bonds. The van der Waals surface area contributed by atoms with Gasteiger partial charge in [0.25, 0.3) is 0 Å². The number of anilines is 1. The summed E-state index contributed by atoms with van der Waals surface area (Å²) in [7, 11) is 0. The van der Waals surface area contributed by atoms with Crippen LogP contribution >= 0.6 is 0 Å². The molecule has 1 fully saturated rings. The molecule has 1 aromatic rings. The maximum Gasteiger partial charge on any atom is 0.128 e. The largest absolute Gasteiger partial charge is 0.391 e. The highest BCUT2D eigenvalue weighted by molar-refractivity contribution is 5.40. The molecular weight excluding hydrogens is 226 g/mol. The highest BCUT2D eigenvalue weighted by Gasteiger charge is 2.18. The average molecular weight is 249 g/mol. The lowest BCUT2D eigenvalue weighted by atomic mass is 10.1. The second-order valence-corrected chi connectivity index (χ2v) is 4.94. The number of nitrogens with zero attached hydrogens (tertiary/aromatic N) is 2. The van der Waals surface area contributed by atoms with Gasteiger partial charge < -0.3 is 15.3 Å². The van der Waals surface area contributed by atoms with E-state index in [0.717, 1.165) is 44.7 Å². The first kappa shape index (κ1) is 13.3. The summed E-state index contributed by atoms with van der Waals surface area (Å²) in [6, 6.07) is 4.17. The normalized spacial score (nSPS) is 20.1. The Morgan fingerprint density at radius 3 is 3.06 bits per heavy atom. The van der Waals surface area contributed by atoms with E-state index in [1.54, 1.807) is 0 Å². The van der Waals surface area contributed by atoms with Crippen LogP contribution in [0.15, 0.2) is 18.3 Å². The number of aliphatic hydroxyl groups excluding tert-OH is 1. The predicted molar refractivity (Wildman–Crippen MR) is 73.7 cm³/mol. The molecule has 100 valence electrons. The van der Waals surface area contributed by atoms with Crippen molar-refractivity contribution in [2.45, 2.75) is 38.8 Å². The van der Waals surface area contributed by atoms with Gasteiger partial charge in [-0.15, -0.1) is 0 Å². The van der Waals surface area contributed by atoms with Gasteiger partial charge in [-0.1, -0.05) is 13.0 Å². The Balaban J connectivity index is 1.90. The van der Waals surface area contributed by atoms with Gasteiger partial charge in [-0.05, 0) is 37.4 Å². The van der Waals surface area contributed by atoms with E-state index in [1.165, 1.54) is 5.56 Å². The number of aliphatic hydroxyl groups is 1. The third-order valence-electron chi connectivity index (χ3n) is 3.29. The van der Waals surface area contributed by atoms with Crippen molar-refractivity contribution in [3.63, 3.8) is 0 Å². The monoisotopic (exact) mass is 249 g/mol. The van der Waals surface area contributed by atoms with Crippen LogP contribution in [0.5, 0.6) is 0 Å². The second kappa shape index (κ2) is 6.71. The van der Waals surface area contributed by atoms with E-state index in [9.17, 15) is 5.11 Å². The highest BCUT2D eigenvalue weighted by Crippen LogP contribution is 2.17. The summed E-state index contributed by atoms with van der Waals surface area (Å²) in [5.74, 6) is 0.980. The zero-order valence-electron chi connectivity index (χ0n) is 11.1. The molecule has 4 nitrogen and oxygen atoms in total. The van der Waals surface area contributed by atoms with Gasteiger partial charge in [0, 0.05) is 25.8 Å². The molecule has 0 aliphatic carbocycles. The van der Waals surface area contributed by atoms with E-state index in [-0.39, 0.29) is 6.10 Å². The van der Waals surface area contributed by atoms with Gasteiger partial charge in [0.2, 0.25) is 0 Å². The lowest BCUT2D eigenvalue weighted by Crippen LogP contribution is -2.38. The summed E-state index contributed by atoms with van der Waals surface area (Å²) in [5.41, 5.74) is 1.21. The minimum absolute atomic E-state index is 0.202. The molecule has 1 atom stereocenters. The number of nitrogens with one attached hydrogen (secondary N) is 1. The fourth-order valence-electron chi connectivity index (χ4n) is 2.28. The summed E-state index contributed by atoms with van der Waals surface area (Å²) in [5, 5.41) is 13.0. The molecule has 0 saturated carbocycles. The zero-order valence-corrected chi connectivity index (χ0v) is 11.1. The van der Waals surface area contributed by atoms with Crippen molar-refractivity contribution in [1.29, 1.82) is 0 Å². The smallest absolute Gasteiger partial charge is 0.128 e. The average Bonchev–Trinajstić information content (AvgIpc) is 2.40. The predicted octanol–water partition coefficient (Wildman–Crippen LogP) is 1.54. The number of rotatable bonds is 5. The number of pyridine rings is 1. The molecule has 18 heavy (non-hydrogen) atoms. The Kier molecular flexibility index (Phi) is 4.96. The maximum absolute atomic E-state index is 9.66. The Morgan fingerprint density at radius 1 is 1.50 bits per heavy atom. The second-order valence-electron chi connectivity index (χ2n) is 4.94. The lowest BCUT2D eigenvalue weighted by Gasteiger charge is -2.31. The molecule has 0 spiro atoms. The van der Waals surface area contributed by atoms with Crippen LogP contribution < -0.4 is 10.2 Å². The lowest BCUT2D eigenvalue weighted by molar-refractivity contribution is 0.154. The molecule has 1 aliphatic rings. The van der Waals surface area contributed by atoms with Gasteiger partial charge in [-0.3, -0.25) is 0 Å². The molecule has 0 radical (unpaired) electrons. The summed E-state index contributed by atoms with van der Waals surface area (Å²) in [4.78, 5) is 6.65. The van der Waals surface area contributed by atoms with E-state index in [1.807, 2.05) is 6.20 Å². The van der Waals surface area contributed by atoms with Crippen LogP contribution in [0.1, 0.15) is 31.7 Å². The number of hydrogen-bond donors (Lipinski definition) is 2. The minimum atomic E-state index is -0.202. The number of hydrogen-bond acceptors (Lipinski definition) is 4. The molecule has 0 aromatic carbocycles. The molecule has 1 aliphatic heterocycles. The first-order valence-electron chi connectivity index (χ1n) is 6.88. The standard InChI is InChI=1S/C14H23N3O/c1-2-7-15-9-12-5-6-14(16-10-12)17-8-3-4-13(18)11-17/h5-6,10,13,15,18H,2-4,7-9,11H2,1H3. The van der Waals surface area contributed by atoms with Crippen LogP contribution in [0.4, 0.5) is 5.82 Å². The van der Waals surface area contributed by atoms with Gasteiger partial charge in [0.15, 0.2) is 0 Å². The van der Waals surface area contributed by atoms with Crippen molar-refractivity contribution in [2.24, 2.45) is 0 Å². The molecule has 2 rings (SSSR count). The summed E-state index contributed by atoms with van der Waals surface area (Å²) >= 11 is 0. The number of piperidine rings is 1. The van der Waals surface area contributed by atoms with E-state index in [4.69, 9.17) is 0 Å². The van der Waals surface area contributed by atoms with E-state index < -0.39 is 0 Å². The van der Waals surface area contributed by atoms with Crippen LogP contribution in [-0.2, 0) is 6.54 Å². The molecule has 2 heterocycles. The van der Waals surface area contributed by atoms with Crippen molar-refractivity contribution < 1.29 is 5.11 Å². The molecule has 1 aromatic heterocycles. The third-order valence-corrected chi connectivity index (χ3v) is 3.29. The Bertz CT molecular complexity index is 353. The first-order chi connectivity index (χ1) is 8.79. The van der Waals surface area contributed by atoms with Crippen LogP contribution in [-0.4, -0.2) is 35.8 Å². The van der Waals surface area contributed by atoms with E-state index in [2.05, 4.69) is 34.3 Å². The van der Waals surface area contributed by atoms with Gasteiger partial charge in [-0.25, -0.2) is 4.98 Å². The third kappa shape index (κ3) is 3.68. The molecule has 1 saturated heterocycles. The fourth-order valence-corrected chi connectivity index (χ4v) is 2.28. The first-order valence-corrected chi connectivity index (χ1v) is 6.88. The van der Waals surface area contributed by atoms with Crippen molar-refractivity contribution in [2.75, 3.05) is 24.5 Å². The van der Waals surface area contributed by atoms with Gasteiger partial charge >= 0.3 is 0 Å². The summed E-state index contributed by atoms with van der Waals surface area (Å²) in [6.07, 6.45) is 4.83. The SMILES string of the molecule is CCCNCc1ccc(N2CCCC(O)C2)nc1. The van der Waals surface area contributed by atoms with E-state index in [0.29, 0.717) is 6.54 Å². The van der Waals surface area contributed by atoms with Crippen LogP contribution in [0.3, 0.4) is 0 Å². The molecule has 1 unspecified atom stereocenters. The van der Waals surface area contributed by atoms with Crippen molar-refractivity contribution in [3.8, 4) is 0 Å². The zero-order chi connectivity index (χ0) is 12.8. The molecular formula is C14H23N3O. The quantitative estimate of drug-likeness (QED) is 0.777. The summed E-state index contributed by atoms with van der Waals surface area (Å²) in [6.45, 7) is 5.79. The number of aromatic nitrogens is 1. The van der Waals surface area contributed by atoms with Crippen LogP contribution in [0.25, 0.3) is 0 Å². The fraction of sp³-hybridized carbons (Fsp3) is 0.643. The van der Waals surface area contributed by atoms with Crippen molar-refractivity contribution >= 4 is 5.82 Å². The maximum atomic E-state index is 9.66. The Labute approximate surface area is 109 Å². The molecule has 4 heteroatoms. The molecule has 0 bridgehead atoms. The topological polar surface area (TPSA) is 48.4 Å². The van der Waals surface area contributed by atoms with Crippen molar-refractivity contribution in [1.82, 2.24) is 10.3 Å². The van der Waals surface area contributed by atoms with Gasteiger partial charge in [0.1, 0.15) is 5.82 Å². The Morgan fingerprint density at radius 2 is 2.39 bits per heavy atom. The summed E-state index contributed by atoms with van der Waals surface area (Å²) < 4.78 is 0. The van der Waals surface area contributed by atoms with Gasteiger partial charge in [-0.2, -0.15) is 0 Å². The van der Waals surface area contributed by atoms with Gasteiger partial charge in [0.05, 0.1) is 6.10 Å². The molecule has 2 N–H and O–H groups in total. The van der Waals surface area contributed by atoms with Crippen LogP contribution in [0.2, 0.25) is 0 Å².